The van der Waals surface area contributed by atoms with Crippen LogP contribution in [0, 0.1) is 13.8 Å². The Labute approximate surface area is 228 Å². The van der Waals surface area contributed by atoms with Crippen molar-refractivity contribution in [2.45, 2.75) is 40.2 Å². The van der Waals surface area contributed by atoms with E-state index >= 15 is 0 Å². The van der Waals surface area contributed by atoms with Crippen molar-refractivity contribution in [1.29, 1.82) is 0 Å². The molecule has 1 unspecified atom stereocenters. The highest BCUT2D eigenvalue weighted by Crippen LogP contribution is 2.41. The minimum Gasteiger partial charge on any atom is -0.507 e. The van der Waals surface area contributed by atoms with E-state index in [-0.39, 0.29) is 23.6 Å². The van der Waals surface area contributed by atoms with Gasteiger partial charge in [-0.3, -0.25) is 14.5 Å². The number of morpholine rings is 1. The molecular weight excluding hydrogens is 502 g/mol. The van der Waals surface area contributed by atoms with Gasteiger partial charge in [0.25, 0.3) is 11.7 Å². The van der Waals surface area contributed by atoms with Crippen LogP contribution in [0.4, 0.5) is 0 Å². The number of amides is 1. The number of nitrogens with zero attached hydrogens (tertiary/aromatic N) is 2. The molecule has 10 nitrogen and oxygen atoms in total. The lowest BCUT2D eigenvalue weighted by Crippen LogP contribution is -2.42. The van der Waals surface area contributed by atoms with Crippen molar-refractivity contribution in [3.05, 3.63) is 57.9 Å². The number of aromatic amines is 1. The van der Waals surface area contributed by atoms with E-state index < -0.39 is 23.7 Å². The number of ether oxygens (including phenoxy) is 3. The minimum absolute atomic E-state index is 0.00943. The van der Waals surface area contributed by atoms with E-state index in [1.165, 1.54) is 4.90 Å². The normalized spacial score (nSPS) is 19.5. The van der Waals surface area contributed by atoms with Gasteiger partial charge >= 0.3 is 5.97 Å². The number of carbonyl (C=O) groups is 3. The van der Waals surface area contributed by atoms with E-state index in [1.807, 2.05) is 19.1 Å². The zero-order valence-corrected chi connectivity index (χ0v) is 23.0. The predicted molar refractivity (Wildman–Crippen MR) is 145 cm³/mol. The van der Waals surface area contributed by atoms with Crippen LogP contribution in [-0.4, -0.2) is 90.2 Å². The number of H-pyrrole nitrogens is 1. The lowest BCUT2D eigenvalue weighted by atomic mass is 9.94. The van der Waals surface area contributed by atoms with Gasteiger partial charge < -0.3 is 29.2 Å². The van der Waals surface area contributed by atoms with Crippen LogP contribution in [0.3, 0.4) is 0 Å². The highest BCUT2D eigenvalue weighted by Gasteiger charge is 2.46. The Morgan fingerprint density at radius 1 is 1.10 bits per heavy atom. The summed E-state index contributed by atoms with van der Waals surface area (Å²) in [5.74, 6) is -1.62. The van der Waals surface area contributed by atoms with Crippen LogP contribution in [-0.2, 0) is 19.1 Å². The number of ketones is 1. The van der Waals surface area contributed by atoms with E-state index in [1.54, 1.807) is 32.9 Å². The second-order valence-electron chi connectivity index (χ2n) is 9.71. The van der Waals surface area contributed by atoms with Gasteiger partial charge in [0.05, 0.1) is 38.0 Å². The van der Waals surface area contributed by atoms with Gasteiger partial charge in [0.1, 0.15) is 17.2 Å². The molecule has 3 heterocycles. The van der Waals surface area contributed by atoms with Crippen molar-refractivity contribution in [2.24, 2.45) is 0 Å². The highest BCUT2D eigenvalue weighted by atomic mass is 16.5. The van der Waals surface area contributed by atoms with Crippen LogP contribution < -0.4 is 4.74 Å². The molecule has 0 saturated carbocycles. The van der Waals surface area contributed by atoms with E-state index in [4.69, 9.17) is 14.2 Å². The van der Waals surface area contributed by atoms with E-state index in [0.717, 1.165) is 19.5 Å². The number of hydrogen-bond donors (Lipinski definition) is 2. The van der Waals surface area contributed by atoms with Gasteiger partial charge in [-0.15, -0.1) is 0 Å². The van der Waals surface area contributed by atoms with Crippen LogP contribution >= 0.6 is 0 Å². The summed E-state index contributed by atoms with van der Waals surface area (Å²) >= 11 is 0. The third-order valence-corrected chi connectivity index (χ3v) is 7.12. The molecule has 2 fully saturated rings. The van der Waals surface area contributed by atoms with Crippen molar-refractivity contribution in [3.63, 3.8) is 0 Å². The van der Waals surface area contributed by atoms with Crippen molar-refractivity contribution >= 4 is 23.4 Å². The van der Waals surface area contributed by atoms with Gasteiger partial charge in [-0.25, -0.2) is 4.79 Å². The third-order valence-electron chi connectivity index (χ3n) is 7.12. The van der Waals surface area contributed by atoms with Gasteiger partial charge in [-0.1, -0.05) is 19.1 Å². The summed E-state index contributed by atoms with van der Waals surface area (Å²) in [4.78, 5) is 46.0. The number of benzene rings is 1. The number of esters is 1. The van der Waals surface area contributed by atoms with Crippen LogP contribution in [0.2, 0.25) is 0 Å². The number of carbonyl (C=O) groups excluding carboxylic acids is 3. The number of aliphatic hydroxyl groups excluding tert-OH is 1. The van der Waals surface area contributed by atoms with Crippen molar-refractivity contribution in [2.75, 3.05) is 52.6 Å². The largest absolute Gasteiger partial charge is 0.507 e. The van der Waals surface area contributed by atoms with Crippen molar-refractivity contribution in [1.82, 2.24) is 14.8 Å². The zero-order chi connectivity index (χ0) is 28.1. The molecule has 2 aliphatic rings. The number of hydrogen-bond acceptors (Lipinski definition) is 8. The van der Waals surface area contributed by atoms with Crippen LogP contribution in [0.15, 0.2) is 29.8 Å². The smallest absolute Gasteiger partial charge is 0.355 e. The van der Waals surface area contributed by atoms with Gasteiger partial charge in [0.2, 0.25) is 0 Å². The molecule has 0 spiro atoms. The quantitative estimate of drug-likeness (QED) is 0.204. The molecular formula is C29H37N3O7. The van der Waals surface area contributed by atoms with Gasteiger partial charge in [0.15, 0.2) is 0 Å². The molecule has 2 saturated heterocycles. The first kappa shape index (κ1) is 28.4. The molecule has 2 aliphatic heterocycles. The standard InChI is InChI=1S/C29H37N3O7/c1-5-15-39-21-9-7-20(8-10-21)25-23(26(33)22-18(3)24(30-19(22)4)29(36)38-6-2)27(34)28(35)32(25)12-11-31-13-16-37-17-14-31/h7-10,25,30,33H,5-6,11-17H2,1-4H3. The Bertz CT molecular complexity index is 1240. The first-order chi connectivity index (χ1) is 18.8. The molecule has 0 radical (unpaired) electrons. The summed E-state index contributed by atoms with van der Waals surface area (Å²) in [6, 6.07) is 6.44. The van der Waals surface area contributed by atoms with Crippen LogP contribution in [0.1, 0.15) is 59.2 Å². The third kappa shape index (κ3) is 5.86. The van der Waals surface area contributed by atoms with E-state index in [9.17, 15) is 19.5 Å². The topological polar surface area (TPSA) is 121 Å². The summed E-state index contributed by atoms with van der Waals surface area (Å²) in [6.07, 6.45) is 0.868. The number of aliphatic hydroxyl groups is 1. The predicted octanol–water partition coefficient (Wildman–Crippen LogP) is 3.35. The lowest BCUT2D eigenvalue weighted by molar-refractivity contribution is -0.140. The lowest BCUT2D eigenvalue weighted by Gasteiger charge is -2.31. The Morgan fingerprint density at radius 2 is 1.79 bits per heavy atom. The number of likely N-dealkylation sites (tertiary alicyclic amines) is 1. The zero-order valence-electron chi connectivity index (χ0n) is 23.0. The molecule has 1 amide bonds. The number of nitrogens with one attached hydrogen (secondary N) is 1. The molecule has 2 aromatic rings. The second kappa shape index (κ2) is 12.5. The van der Waals surface area contributed by atoms with Gasteiger partial charge in [0, 0.05) is 37.4 Å². The fourth-order valence-electron chi connectivity index (χ4n) is 5.14. The molecule has 210 valence electrons. The average molecular weight is 540 g/mol. The summed E-state index contributed by atoms with van der Waals surface area (Å²) < 4.78 is 16.3. The first-order valence-electron chi connectivity index (χ1n) is 13.5. The first-order valence-corrected chi connectivity index (χ1v) is 13.5. The molecule has 39 heavy (non-hydrogen) atoms. The average Bonchev–Trinajstić information content (AvgIpc) is 3.38. The Hall–Kier alpha value is -3.63. The molecule has 4 rings (SSSR count). The Morgan fingerprint density at radius 3 is 2.44 bits per heavy atom. The minimum atomic E-state index is -0.800. The number of Topliss-reactive ketones (excluding diaryl/α,β-unsaturated/α-hetero) is 1. The molecule has 0 aliphatic carbocycles. The summed E-state index contributed by atoms with van der Waals surface area (Å²) in [7, 11) is 0. The Kier molecular flexibility index (Phi) is 9.08. The SMILES string of the molecule is CCCOc1ccc(C2C(=C(O)c3c(C)[nH]c(C(=O)OCC)c3C)C(=O)C(=O)N2CCN2CCOCC2)cc1. The van der Waals surface area contributed by atoms with Crippen molar-refractivity contribution < 1.29 is 33.7 Å². The maximum absolute atomic E-state index is 13.5. The van der Waals surface area contributed by atoms with Crippen LogP contribution in [0.5, 0.6) is 5.75 Å². The molecule has 10 heteroatoms. The van der Waals surface area contributed by atoms with Gasteiger partial charge in [-0.2, -0.15) is 0 Å². The highest BCUT2D eigenvalue weighted by molar-refractivity contribution is 6.46. The summed E-state index contributed by atoms with van der Waals surface area (Å²) in [6.45, 7) is 11.5. The summed E-state index contributed by atoms with van der Waals surface area (Å²) in [5, 5.41) is 11.6. The van der Waals surface area contributed by atoms with E-state index in [0.29, 0.717) is 61.0 Å². The maximum atomic E-state index is 13.5. The molecule has 1 atom stereocenters. The molecule has 1 aromatic heterocycles. The molecule has 1 aromatic carbocycles. The maximum Gasteiger partial charge on any atom is 0.355 e. The van der Waals surface area contributed by atoms with E-state index in [2.05, 4.69) is 9.88 Å². The molecule has 2 N–H and O–H groups in total. The summed E-state index contributed by atoms with van der Waals surface area (Å²) in [5.41, 5.74) is 2.13. The fraction of sp³-hybridized carbons (Fsp3) is 0.483. The second-order valence-corrected chi connectivity index (χ2v) is 9.71. The fourth-order valence-corrected chi connectivity index (χ4v) is 5.14. The molecule has 0 bridgehead atoms. The van der Waals surface area contributed by atoms with Gasteiger partial charge in [-0.05, 0) is 50.5 Å². The number of aryl methyl sites for hydroxylation is 1. The Balaban J connectivity index is 1.77. The van der Waals surface area contributed by atoms with Crippen LogP contribution in [0.25, 0.3) is 5.76 Å². The number of aromatic nitrogens is 1. The monoisotopic (exact) mass is 539 g/mol. The number of rotatable bonds is 10. The van der Waals surface area contributed by atoms with Crippen molar-refractivity contribution in [3.8, 4) is 5.75 Å².